The fourth-order valence-electron chi connectivity index (χ4n) is 2.63. The molecular formula is C17H26N2O2. The average molecular weight is 290 g/mol. The largest absolute Gasteiger partial charge is 0.444 e. The van der Waals surface area contributed by atoms with Gasteiger partial charge in [0, 0.05) is 18.6 Å². The van der Waals surface area contributed by atoms with E-state index in [-0.39, 0.29) is 12.1 Å². The molecule has 1 aromatic carbocycles. The van der Waals surface area contributed by atoms with E-state index in [1.54, 1.807) is 0 Å². The van der Waals surface area contributed by atoms with E-state index in [1.165, 1.54) is 5.56 Å². The molecule has 0 heterocycles. The van der Waals surface area contributed by atoms with Crippen LogP contribution < -0.4 is 10.6 Å². The molecule has 4 nitrogen and oxygen atoms in total. The first-order valence-corrected chi connectivity index (χ1v) is 7.69. The van der Waals surface area contributed by atoms with Gasteiger partial charge in [0.25, 0.3) is 0 Å². The Bertz CT molecular complexity index is 454. The van der Waals surface area contributed by atoms with Crippen LogP contribution in [0.25, 0.3) is 0 Å². The highest BCUT2D eigenvalue weighted by Gasteiger charge is 2.27. The third kappa shape index (κ3) is 5.76. The zero-order chi connectivity index (χ0) is 15.3. The van der Waals surface area contributed by atoms with Crippen LogP contribution in [0.4, 0.5) is 4.79 Å². The zero-order valence-electron chi connectivity index (χ0n) is 13.2. The second-order valence-corrected chi connectivity index (χ2v) is 6.72. The van der Waals surface area contributed by atoms with E-state index < -0.39 is 5.60 Å². The summed E-state index contributed by atoms with van der Waals surface area (Å²) in [5.41, 5.74) is 0.856. The molecule has 2 unspecified atom stereocenters. The quantitative estimate of drug-likeness (QED) is 0.895. The maximum Gasteiger partial charge on any atom is 0.407 e. The number of hydrogen-bond donors (Lipinski definition) is 2. The van der Waals surface area contributed by atoms with Crippen LogP contribution in [-0.2, 0) is 11.3 Å². The molecule has 2 N–H and O–H groups in total. The van der Waals surface area contributed by atoms with Gasteiger partial charge in [0.2, 0.25) is 0 Å². The van der Waals surface area contributed by atoms with Gasteiger partial charge in [0.1, 0.15) is 5.60 Å². The van der Waals surface area contributed by atoms with Crippen LogP contribution in [0.3, 0.4) is 0 Å². The van der Waals surface area contributed by atoms with Crippen molar-refractivity contribution in [3.63, 3.8) is 0 Å². The van der Waals surface area contributed by atoms with Crippen LogP contribution in [0.15, 0.2) is 30.3 Å². The second-order valence-electron chi connectivity index (χ2n) is 6.72. The Kier molecular flexibility index (Phi) is 5.23. The molecule has 1 amide bonds. The smallest absolute Gasteiger partial charge is 0.407 e. The van der Waals surface area contributed by atoms with Crippen LogP contribution in [0.5, 0.6) is 0 Å². The highest BCUT2D eigenvalue weighted by molar-refractivity contribution is 5.68. The van der Waals surface area contributed by atoms with Crippen LogP contribution in [0.1, 0.15) is 45.6 Å². The van der Waals surface area contributed by atoms with Gasteiger partial charge in [-0.2, -0.15) is 0 Å². The van der Waals surface area contributed by atoms with Gasteiger partial charge in [0.05, 0.1) is 0 Å². The minimum Gasteiger partial charge on any atom is -0.444 e. The molecule has 4 heteroatoms. The Morgan fingerprint density at radius 2 is 1.86 bits per heavy atom. The van der Waals surface area contributed by atoms with E-state index in [2.05, 4.69) is 34.9 Å². The van der Waals surface area contributed by atoms with Crippen molar-refractivity contribution >= 4 is 6.09 Å². The molecule has 1 aromatic rings. The Morgan fingerprint density at radius 3 is 2.52 bits per heavy atom. The number of carbonyl (C=O) groups excluding carboxylic acids is 1. The van der Waals surface area contributed by atoms with E-state index in [4.69, 9.17) is 4.74 Å². The summed E-state index contributed by atoms with van der Waals surface area (Å²) in [7, 11) is 0. The van der Waals surface area contributed by atoms with E-state index in [1.807, 2.05) is 26.8 Å². The number of benzene rings is 1. The topological polar surface area (TPSA) is 50.4 Å². The fraction of sp³-hybridized carbons (Fsp3) is 0.588. The number of ether oxygens (including phenoxy) is 1. The maximum atomic E-state index is 11.7. The summed E-state index contributed by atoms with van der Waals surface area (Å²) in [5.74, 6) is 0. The van der Waals surface area contributed by atoms with E-state index >= 15 is 0 Å². The highest BCUT2D eigenvalue weighted by atomic mass is 16.6. The number of amides is 1. The standard InChI is InChI=1S/C17H26N2O2/c1-17(2,3)21-16(20)19-15-10-9-14(11-15)18-12-13-7-5-4-6-8-13/h4-8,14-15,18H,9-12H2,1-3H3,(H,19,20). The van der Waals surface area contributed by atoms with Gasteiger partial charge in [-0.25, -0.2) is 4.79 Å². The van der Waals surface area contributed by atoms with Gasteiger partial charge in [-0.05, 0) is 45.6 Å². The molecule has 1 saturated carbocycles. The van der Waals surface area contributed by atoms with Crippen LogP contribution in [-0.4, -0.2) is 23.8 Å². The predicted octanol–water partition coefficient (Wildman–Crippen LogP) is 3.22. The summed E-state index contributed by atoms with van der Waals surface area (Å²) in [4.78, 5) is 11.7. The Balaban J connectivity index is 1.70. The lowest BCUT2D eigenvalue weighted by Crippen LogP contribution is -2.38. The summed E-state index contributed by atoms with van der Waals surface area (Å²) in [6.07, 6.45) is 2.75. The van der Waals surface area contributed by atoms with Gasteiger partial charge in [-0.1, -0.05) is 30.3 Å². The van der Waals surface area contributed by atoms with Gasteiger partial charge in [0.15, 0.2) is 0 Å². The molecule has 1 fully saturated rings. The molecule has 0 aromatic heterocycles. The van der Waals surface area contributed by atoms with Crippen LogP contribution >= 0.6 is 0 Å². The van der Waals surface area contributed by atoms with Gasteiger partial charge in [-0.15, -0.1) is 0 Å². The third-order valence-corrected chi connectivity index (χ3v) is 3.59. The van der Waals surface area contributed by atoms with Crippen molar-refractivity contribution in [3.8, 4) is 0 Å². The molecule has 2 rings (SSSR count). The number of hydrogen-bond acceptors (Lipinski definition) is 3. The minimum absolute atomic E-state index is 0.216. The lowest BCUT2D eigenvalue weighted by molar-refractivity contribution is 0.0505. The van der Waals surface area contributed by atoms with Gasteiger partial charge in [-0.3, -0.25) is 0 Å². The summed E-state index contributed by atoms with van der Waals surface area (Å²) >= 11 is 0. The number of rotatable bonds is 4. The maximum absolute atomic E-state index is 11.7. The van der Waals surface area contributed by atoms with Crippen LogP contribution in [0, 0.1) is 0 Å². The first-order chi connectivity index (χ1) is 9.92. The Labute approximate surface area is 127 Å². The predicted molar refractivity (Wildman–Crippen MR) is 84.1 cm³/mol. The first-order valence-electron chi connectivity index (χ1n) is 7.69. The number of carbonyl (C=O) groups is 1. The van der Waals surface area contributed by atoms with E-state index in [0.717, 1.165) is 25.8 Å². The molecule has 2 atom stereocenters. The van der Waals surface area contributed by atoms with Gasteiger partial charge >= 0.3 is 6.09 Å². The monoisotopic (exact) mass is 290 g/mol. The zero-order valence-corrected chi connectivity index (χ0v) is 13.2. The van der Waals surface area contributed by atoms with Crippen molar-refractivity contribution in [1.82, 2.24) is 10.6 Å². The molecule has 0 radical (unpaired) electrons. The summed E-state index contributed by atoms with van der Waals surface area (Å²) in [6.45, 7) is 6.52. The molecule has 116 valence electrons. The van der Waals surface area contributed by atoms with Crippen molar-refractivity contribution in [2.75, 3.05) is 0 Å². The Hall–Kier alpha value is -1.55. The van der Waals surface area contributed by atoms with E-state index in [0.29, 0.717) is 6.04 Å². The minimum atomic E-state index is -0.437. The average Bonchev–Trinajstić information content (AvgIpc) is 2.83. The summed E-state index contributed by atoms with van der Waals surface area (Å²) in [6, 6.07) is 11.1. The number of alkyl carbamates (subject to hydrolysis) is 1. The van der Waals surface area contributed by atoms with Crippen molar-refractivity contribution < 1.29 is 9.53 Å². The molecule has 1 aliphatic carbocycles. The Morgan fingerprint density at radius 1 is 1.19 bits per heavy atom. The molecular weight excluding hydrogens is 264 g/mol. The van der Waals surface area contributed by atoms with Crippen molar-refractivity contribution in [3.05, 3.63) is 35.9 Å². The lowest BCUT2D eigenvalue weighted by atomic mass is 10.2. The molecule has 0 aliphatic heterocycles. The normalized spacial score (nSPS) is 22.0. The third-order valence-electron chi connectivity index (χ3n) is 3.59. The molecule has 21 heavy (non-hydrogen) atoms. The fourth-order valence-corrected chi connectivity index (χ4v) is 2.63. The first kappa shape index (κ1) is 15.8. The second kappa shape index (κ2) is 6.94. The van der Waals surface area contributed by atoms with E-state index in [9.17, 15) is 4.79 Å². The number of nitrogens with one attached hydrogen (secondary N) is 2. The lowest BCUT2D eigenvalue weighted by Gasteiger charge is -2.21. The van der Waals surface area contributed by atoms with Crippen molar-refractivity contribution in [2.45, 2.75) is 64.3 Å². The van der Waals surface area contributed by atoms with Crippen molar-refractivity contribution in [2.24, 2.45) is 0 Å². The summed E-state index contributed by atoms with van der Waals surface area (Å²) < 4.78 is 5.29. The molecule has 0 saturated heterocycles. The van der Waals surface area contributed by atoms with Crippen molar-refractivity contribution in [1.29, 1.82) is 0 Å². The SMILES string of the molecule is CC(C)(C)OC(=O)NC1CCC(NCc2ccccc2)C1. The van der Waals surface area contributed by atoms with Crippen LogP contribution in [0.2, 0.25) is 0 Å². The summed E-state index contributed by atoms with van der Waals surface area (Å²) in [5, 5.41) is 6.52. The molecule has 1 aliphatic rings. The molecule has 0 bridgehead atoms. The highest BCUT2D eigenvalue weighted by Crippen LogP contribution is 2.20. The van der Waals surface area contributed by atoms with Gasteiger partial charge < -0.3 is 15.4 Å². The molecule has 0 spiro atoms.